The molecule has 0 aliphatic carbocycles. The second kappa shape index (κ2) is 7.63. The van der Waals surface area contributed by atoms with Gasteiger partial charge < -0.3 is 0 Å². The maximum absolute atomic E-state index is 6.01. The Morgan fingerprint density at radius 3 is 1.88 bits per heavy atom. The first kappa shape index (κ1) is 16.7. The van der Waals surface area contributed by atoms with Crippen LogP contribution in [0.1, 0.15) is 30.8 Å². The Balaban J connectivity index is 2.03. The summed E-state index contributed by atoms with van der Waals surface area (Å²) in [5, 5.41) is 0.787. The van der Waals surface area contributed by atoms with E-state index in [4.69, 9.17) is 11.6 Å². The van der Waals surface area contributed by atoms with Crippen LogP contribution in [-0.2, 0) is 19.4 Å². The molecule has 0 spiro atoms. The molecular weight excluding hydrogens is 314 g/mol. The van der Waals surface area contributed by atoms with Gasteiger partial charge in [0.2, 0.25) is 0 Å². The van der Waals surface area contributed by atoms with Crippen molar-refractivity contribution in [3.05, 3.63) is 88.7 Å². The predicted octanol–water partition coefficient (Wildman–Crippen LogP) is 5.47. The minimum absolute atomic E-state index is 0.787. The van der Waals surface area contributed by atoms with E-state index in [1.54, 1.807) is 0 Å². The first-order chi connectivity index (χ1) is 11.7. The molecule has 2 heteroatoms. The minimum atomic E-state index is 0.787. The van der Waals surface area contributed by atoms with Crippen molar-refractivity contribution in [1.82, 2.24) is 0 Å². The van der Waals surface area contributed by atoms with Gasteiger partial charge in [0.1, 0.15) is 0 Å². The molecule has 0 amide bonds. The van der Waals surface area contributed by atoms with Crippen LogP contribution in [0.3, 0.4) is 0 Å². The van der Waals surface area contributed by atoms with Crippen molar-refractivity contribution in [1.29, 1.82) is 0 Å². The Hall–Kier alpha value is -2.12. The van der Waals surface area contributed by atoms with E-state index in [-0.39, 0.29) is 0 Å². The Kier molecular flexibility index (Phi) is 5.32. The molecule has 3 aromatic rings. The maximum atomic E-state index is 6.01. The van der Waals surface area contributed by atoms with Gasteiger partial charge in [0, 0.05) is 35.6 Å². The number of halogens is 1. The number of aryl methyl sites for hydroxylation is 2. The van der Waals surface area contributed by atoms with Crippen LogP contribution in [0.4, 0.5) is 0 Å². The van der Waals surface area contributed by atoms with E-state index in [1.165, 1.54) is 28.1 Å². The molecule has 0 N–H and O–H groups in total. The van der Waals surface area contributed by atoms with E-state index >= 15 is 0 Å². The molecule has 1 aromatic heterocycles. The fourth-order valence-electron chi connectivity index (χ4n) is 3.10. The third-order valence-corrected chi connectivity index (χ3v) is 4.68. The molecule has 0 atom stereocenters. The van der Waals surface area contributed by atoms with Crippen molar-refractivity contribution in [2.24, 2.45) is 0 Å². The lowest BCUT2D eigenvalue weighted by molar-refractivity contribution is -0.702. The highest BCUT2D eigenvalue weighted by Gasteiger charge is 2.18. The van der Waals surface area contributed by atoms with Crippen molar-refractivity contribution < 1.29 is 4.57 Å². The summed E-state index contributed by atoms with van der Waals surface area (Å²) in [4.78, 5) is 0. The molecular formula is C22H23ClN+. The first-order valence-electron chi connectivity index (χ1n) is 8.56. The van der Waals surface area contributed by atoms with Gasteiger partial charge in [-0.1, -0.05) is 67.9 Å². The van der Waals surface area contributed by atoms with Gasteiger partial charge in [0.15, 0.2) is 17.9 Å². The van der Waals surface area contributed by atoms with Crippen LogP contribution >= 0.6 is 11.6 Å². The smallest absolute Gasteiger partial charge is 0.182 e. The zero-order valence-electron chi connectivity index (χ0n) is 14.3. The molecule has 1 nitrogen and oxygen atoms in total. The zero-order chi connectivity index (χ0) is 16.9. The van der Waals surface area contributed by atoms with Gasteiger partial charge in [-0.3, -0.25) is 0 Å². The van der Waals surface area contributed by atoms with Gasteiger partial charge in [-0.2, -0.15) is 4.57 Å². The standard InChI is InChI=1S/C22H23ClN/c1-3-21-14-19(18-8-6-5-7-9-18)15-22(4-2)24(21)16-17-10-12-20(23)13-11-17/h5-15H,3-4,16H2,1-2H3/q+1. The number of hydrogen-bond acceptors (Lipinski definition) is 0. The van der Waals surface area contributed by atoms with Crippen LogP contribution in [0.15, 0.2) is 66.7 Å². The molecule has 0 radical (unpaired) electrons. The van der Waals surface area contributed by atoms with Crippen molar-refractivity contribution in [3.8, 4) is 11.1 Å². The van der Waals surface area contributed by atoms with Gasteiger partial charge in [0.05, 0.1) is 0 Å². The summed E-state index contributed by atoms with van der Waals surface area (Å²) in [5.74, 6) is 0. The second-order valence-corrected chi connectivity index (χ2v) is 6.45. The van der Waals surface area contributed by atoms with Crippen molar-refractivity contribution >= 4 is 11.6 Å². The Morgan fingerprint density at radius 2 is 1.33 bits per heavy atom. The molecule has 2 aromatic carbocycles. The molecule has 24 heavy (non-hydrogen) atoms. The number of aromatic nitrogens is 1. The predicted molar refractivity (Wildman–Crippen MR) is 101 cm³/mol. The lowest BCUT2D eigenvalue weighted by atomic mass is 10.0. The van der Waals surface area contributed by atoms with Crippen LogP contribution < -0.4 is 4.57 Å². The lowest BCUT2D eigenvalue weighted by Crippen LogP contribution is -2.43. The van der Waals surface area contributed by atoms with Crippen LogP contribution in [0.25, 0.3) is 11.1 Å². The molecule has 0 fully saturated rings. The molecule has 0 aliphatic rings. The largest absolute Gasteiger partial charge is 0.195 e. The molecule has 0 saturated carbocycles. The van der Waals surface area contributed by atoms with E-state index in [2.05, 4.69) is 73.0 Å². The third-order valence-electron chi connectivity index (χ3n) is 4.42. The molecule has 0 unspecified atom stereocenters. The zero-order valence-corrected chi connectivity index (χ0v) is 15.1. The summed E-state index contributed by atoms with van der Waals surface area (Å²) >= 11 is 6.01. The summed E-state index contributed by atoms with van der Waals surface area (Å²) in [7, 11) is 0. The highest BCUT2D eigenvalue weighted by Crippen LogP contribution is 2.21. The van der Waals surface area contributed by atoms with E-state index in [9.17, 15) is 0 Å². The van der Waals surface area contributed by atoms with Gasteiger partial charge >= 0.3 is 0 Å². The monoisotopic (exact) mass is 336 g/mol. The molecule has 122 valence electrons. The van der Waals surface area contributed by atoms with Crippen molar-refractivity contribution in [2.75, 3.05) is 0 Å². The van der Waals surface area contributed by atoms with Gasteiger partial charge in [-0.15, -0.1) is 0 Å². The van der Waals surface area contributed by atoms with Gasteiger partial charge in [-0.05, 0) is 23.3 Å². The highest BCUT2D eigenvalue weighted by molar-refractivity contribution is 6.30. The summed E-state index contributed by atoms with van der Waals surface area (Å²) in [5.41, 5.74) is 6.59. The van der Waals surface area contributed by atoms with Crippen LogP contribution in [0.2, 0.25) is 5.02 Å². The van der Waals surface area contributed by atoms with E-state index in [0.717, 1.165) is 24.4 Å². The van der Waals surface area contributed by atoms with Crippen molar-refractivity contribution in [3.63, 3.8) is 0 Å². The molecule has 0 bridgehead atoms. The number of benzene rings is 2. The molecule has 0 saturated heterocycles. The number of rotatable bonds is 5. The Morgan fingerprint density at radius 1 is 0.750 bits per heavy atom. The topological polar surface area (TPSA) is 3.88 Å². The summed E-state index contributed by atoms with van der Waals surface area (Å²) in [6.07, 6.45) is 2.03. The van der Waals surface area contributed by atoms with Gasteiger partial charge in [0.25, 0.3) is 0 Å². The third kappa shape index (κ3) is 3.68. The fourth-order valence-corrected chi connectivity index (χ4v) is 3.23. The van der Waals surface area contributed by atoms with E-state index in [1.807, 2.05) is 12.1 Å². The normalized spacial score (nSPS) is 10.8. The number of pyridine rings is 1. The van der Waals surface area contributed by atoms with E-state index in [0.29, 0.717) is 0 Å². The highest BCUT2D eigenvalue weighted by atomic mass is 35.5. The van der Waals surface area contributed by atoms with Crippen LogP contribution in [-0.4, -0.2) is 0 Å². The average molecular weight is 337 g/mol. The summed E-state index contributed by atoms with van der Waals surface area (Å²) in [6, 6.07) is 23.4. The SMILES string of the molecule is CCc1cc(-c2ccccc2)cc(CC)[n+]1Cc1ccc(Cl)cc1. The Bertz CT molecular complexity index is 782. The quantitative estimate of drug-likeness (QED) is 0.544. The van der Waals surface area contributed by atoms with Gasteiger partial charge in [-0.25, -0.2) is 0 Å². The van der Waals surface area contributed by atoms with Crippen molar-refractivity contribution in [2.45, 2.75) is 33.2 Å². The molecule has 1 heterocycles. The average Bonchev–Trinajstić information content (AvgIpc) is 2.64. The molecule has 0 aliphatic heterocycles. The maximum Gasteiger partial charge on any atom is 0.182 e. The number of nitrogens with zero attached hydrogens (tertiary/aromatic N) is 1. The molecule has 3 rings (SSSR count). The fraction of sp³-hybridized carbons (Fsp3) is 0.227. The summed E-state index contributed by atoms with van der Waals surface area (Å²) in [6.45, 7) is 5.34. The van der Waals surface area contributed by atoms with Crippen LogP contribution in [0, 0.1) is 0 Å². The first-order valence-corrected chi connectivity index (χ1v) is 8.94. The Labute approximate surface area is 149 Å². The second-order valence-electron chi connectivity index (χ2n) is 6.01. The van der Waals surface area contributed by atoms with E-state index < -0.39 is 0 Å². The minimum Gasteiger partial charge on any atom is -0.195 e. The van der Waals surface area contributed by atoms with Crippen LogP contribution in [0.5, 0.6) is 0 Å². The lowest BCUT2D eigenvalue weighted by Gasteiger charge is -2.11. The number of hydrogen-bond donors (Lipinski definition) is 0. The summed E-state index contributed by atoms with van der Waals surface area (Å²) < 4.78 is 2.44.